The van der Waals surface area contributed by atoms with Crippen molar-refractivity contribution in [2.24, 2.45) is 0 Å². The summed E-state index contributed by atoms with van der Waals surface area (Å²) in [5.41, 5.74) is 0. The van der Waals surface area contributed by atoms with E-state index in [9.17, 15) is 9.59 Å². The highest BCUT2D eigenvalue weighted by molar-refractivity contribution is 5.82. The Morgan fingerprint density at radius 3 is 2.33 bits per heavy atom. The van der Waals surface area contributed by atoms with Crippen molar-refractivity contribution in [3.05, 3.63) is 11.8 Å². The second kappa shape index (κ2) is 5.35. The summed E-state index contributed by atoms with van der Waals surface area (Å²) < 4.78 is 9.18. The fraction of sp³-hybridized carbons (Fsp3) is 0.500. The Bertz CT molecular complexity index is 205. The normalized spacial score (nSPS) is 10.8. The van der Waals surface area contributed by atoms with Crippen molar-refractivity contribution >= 4 is 11.9 Å². The fourth-order valence-corrected chi connectivity index (χ4v) is 0.606. The zero-order valence-corrected chi connectivity index (χ0v) is 7.42. The van der Waals surface area contributed by atoms with E-state index in [0.717, 1.165) is 6.08 Å². The molecule has 0 amide bonds. The summed E-state index contributed by atoms with van der Waals surface area (Å²) in [6.07, 6.45) is 1.13. The van der Waals surface area contributed by atoms with Gasteiger partial charge in [0.15, 0.2) is 0 Å². The molecule has 4 nitrogen and oxygen atoms in total. The first kappa shape index (κ1) is 10.7. The van der Waals surface area contributed by atoms with Crippen LogP contribution in [0.1, 0.15) is 20.8 Å². The molecule has 0 saturated heterocycles. The zero-order valence-electron chi connectivity index (χ0n) is 7.42. The van der Waals surface area contributed by atoms with E-state index in [4.69, 9.17) is 0 Å². The van der Waals surface area contributed by atoms with Gasteiger partial charge in [0.25, 0.3) is 0 Å². The first-order valence-electron chi connectivity index (χ1n) is 3.59. The quantitative estimate of drug-likeness (QED) is 0.362. The van der Waals surface area contributed by atoms with Gasteiger partial charge in [0.2, 0.25) is 0 Å². The third kappa shape index (κ3) is 5.46. The summed E-state index contributed by atoms with van der Waals surface area (Å²) in [4.78, 5) is 21.1. The molecule has 0 aromatic rings. The van der Waals surface area contributed by atoms with Crippen molar-refractivity contribution in [3.8, 4) is 0 Å². The van der Waals surface area contributed by atoms with Crippen LogP contribution < -0.4 is 0 Å². The smallest absolute Gasteiger partial charge is 0.334 e. The maximum absolute atomic E-state index is 10.7. The Kier molecular flexibility index (Phi) is 4.76. The number of hydrogen-bond acceptors (Lipinski definition) is 4. The van der Waals surface area contributed by atoms with E-state index in [0.29, 0.717) is 6.61 Å². The van der Waals surface area contributed by atoms with Crippen LogP contribution in [0.5, 0.6) is 0 Å². The third-order valence-electron chi connectivity index (χ3n) is 0.912. The Labute approximate surface area is 71.2 Å². The Morgan fingerprint density at radius 1 is 1.33 bits per heavy atom. The molecule has 0 unspecified atom stereocenters. The van der Waals surface area contributed by atoms with Gasteiger partial charge in [-0.15, -0.1) is 0 Å². The molecule has 4 heteroatoms. The lowest BCUT2D eigenvalue weighted by Crippen LogP contribution is -2.03. The largest absolute Gasteiger partial charge is 0.463 e. The van der Waals surface area contributed by atoms with Crippen LogP contribution in [0.3, 0.4) is 0 Å². The SMILES string of the molecule is CCOC(=O)/C=C(\C)OC(C)=O. The summed E-state index contributed by atoms with van der Waals surface area (Å²) in [5, 5.41) is 0. The van der Waals surface area contributed by atoms with Crippen molar-refractivity contribution in [1.82, 2.24) is 0 Å². The van der Waals surface area contributed by atoms with Gasteiger partial charge in [0.05, 0.1) is 12.7 Å². The van der Waals surface area contributed by atoms with Gasteiger partial charge >= 0.3 is 11.9 Å². The van der Waals surface area contributed by atoms with Gasteiger partial charge in [-0.3, -0.25) is 4.79 Å². The number of allylic oxidation sites excluding steroid dienone is 1. The predicted octanol–water partition coefficient (Wildman–Crippen LogP) is 1.02. The van der Waals surface area contributed by atoms with Crippen molar-refractivity contribution in [3.63, 3.8) is 0 Å². The summed E-state index contributed by atoms with van der Waals surface area (Å²) >= 11 is 0. The van der Waals surface area contributed by atoms with E-state index in [2.05, 4.69) is 9.47 Å². The molecule has 0 aliphatic rings. The van der Waals surface area contributed by atoms with Crippen LogP contribution in [-0.2, 0) is 19.1 Å². The van der Waals surface area contributed by atoms with Gasteiger partial charge in [-0.05, 0) is 13.8 Å². The van der Waals surface area contributed by atoms with Crippen LogP contribution in [0, 0.1) is 0 Å². The fourth-order valence-electron chi connectivity index (χ4n) is 0.606. The lowest BCUT2D eigenvalue weighted by atomic mass is 10.5. The number of carbonyl (C=O) groups is 2. The van der Waals surface area contributed by atoms with E-state index >= 15 is 0 Å². The molecular weight excluding hydrogens is 160 g/mol. The Morgan fingerprint density at radius 2 is 1.92 bits per heavy atom. The van der Waals surface area contributed by atoms with E-state index in [1.54, 1.807) is 6.92 Å². The van der Waals surface area contributed by atoms with E-state index < -0.39 is 11.9 Å². The predicted molar refractivity (Wildman–Crippen MR) is 42.2 cm³/mol. The molecule has 0 heterocycles. The molecule has 0 rings (SSSR count). The van der Waals surface area contributed by atoms with Crippen LogP contribution >= 0.6 is 0 Å². The Balaban J connectivity index is 3.97. The number of esters is 2. The molecule has 0 spiro atoms. The summed E-state index contributed by atoms with van der Waals surface area (Å²) in [7, 11) is 0. The molecule has 0 aromatic heterocycles. The molecule has 0 N–H and O–H groups in total. The topological polar surface area (TPSA) is 52.6 Å². The summed E-state index contributed by atoms with van der Waals surface area (Å²) in [6, 6.07) is 0. The third-order valence-corrected chi connectivity index (χ3v) is 0.912. The minimum absolute atomic E-state index is 0.237. The molecule has 68 valence electrons. The first-order chi connectivity index (χ1) is 5.56. The zero-order chi connectivity index (χ0) is 9.56. The second-order valence-corrected chi connectivity index (χ2v) is 2.10. The van der Waals surface area contributed by atoms with Crippen LogP contribution in [-0.4, -0.2) is 18.5 Å². The van der Waals surface area contributed by atoms with Crippen LogP contribution in [0.15, 0.2) is 11.8 Å². The van der Waals surface area contributed by atoms with Gasteiger partial charge in [0.1, 0.15) is 5.76 Å². The highest BCUT2D eigenvalue weighted by atomic mass is 16.5. The lowest BCUT2D eigenvalue weighted by Gasteiger charge is -2.00. The molecular formula is C8H12O4. The minimum atomic E-state index is -0.503. The van der Waals surface area contributed by atoms with E-state index in [1.807, 2.05) is 0 Å². The minimum Gasteiger partial charge on any atom is -0.463 e. The number of ether oxygens (including phenoxy) is 2. The number of rotatable bonds is 3. The van der Waals surface area contributed by atoms with Crippen molar-refractivity contribution in [1.29, 1.82) is 0 Å². The molecule has 0 aliphatic carbocycles. The first-order valence-corrected chi connectivity index (χ1v) is 3.59. The summed E-state index contributed by atoms with van der Waals surface area (Å²) in [6.45, 7) is 4.79. The van der Waals surface area contributed by atoms with Crippen LogP contribution in [0.25, 0.3) is 0 Å². The lowest BCUT2D eigenvalue weighted by molar-refractivity contribution is -0.138. The van der Waals surface area contributed by atoms with Crippen LogP contribution in [0.4, 0.5) is 0 Å². The van der Waals surface area contributed by atoms with Gasteiger partial charge in [0, 0.05) is 6.92 Å². The van der Waals surface area contributed by atoms with E-state index in [-0.39, 0.29) is 5.76 Å². The van der Waals surface area contributed by atoms with Crippen molar-refractivity contribution in [2.45, 2.75) is 20.8 Å². The molecule has 0 aliphatic heterocycles. The van der Waals surface area contributed by atoms with Crippen LogP contribution in [0.2, 0.25) is 0 Å². The maximum Gasteiger partial charge on any atom is 0.334 e. The standard InChI is InChI=1S/C8H12O4/c1-4-11-8(10)5-6(2)12-7(3)9/h5H,4H2,1-3H3/b6-5+. The van der Waals surface area contributed by atoms with Crippen molar-refractivity contribution < 1.29 is 19.1 Å². The monoisotopic (exact) mass is 172 g/mol. The van der Waals surface area contributed by atoms with E-state index in [1.165, 1.54) is 13.8 Å². The number of hydrogen-bond donors (Lipinski definition) is 0. The Hall–Kier alpha value is -1.32. The molecule has 0 bridgehead atoms. The molecule has 0 radical (unpaired) electrons. The van der Waals surface area contributed by atoms with Crippen molar-refractivity contribution in [2.75, 3.05) is 6.61 Å². The average molecular weight is 172 g/mol. The van der Waals surface area contributed by atoms with Gasteiger partial charge in [-0.2, -0.15) is 0 Å². The molecule has 12 heavy (non-hydrogen) atoms. The van der Waals surface area contributed by atoms with Gasteiger partial charge < -0.3 is 9.47 Å². The average Bonchev–Trinajstić information content (AvgIpc) is 1.84. The maximum atomic E-state index is 10.7. The highest BCUT2D eigenvalue weighted by Gasteiger charge is 2.00. The molecule has 0 aromatic carbocycles. The second-order valence-electron chi connectivity index (χ2n) is 2.10. The number of carbonyl (C=O) groups excluding carboxylic acids is 2. The molecule has 0 atom stereocenters. The van der Waals surface area contributed by atoms with Gasteiger partial charge in [-0.1, -0.05) is 0 Å². The summed E-state index contributed by atoms with van der Waals surface area (Å²) in [5.74, 6) is -0.717. The molecule has 0 saturated carbocycles. The van der Waals surface area contributed by atoms with Gasteiger partial charge in [-0.25, -0.2) is 4.79 Å². The molecule has 0 fully saturated rings. The highest BCUT2D eigenvalue weighted by Crippen LogP contribution is 1.96.